The largest absolute Gasteiger partial charge is 0.478 e. The first-order valence-corrected chi connectivity index (χ1v) is 5.96. The Hall–Kier alpha value is -3.15. The predicted molar refractivity (Wildman–Crippen MR) is 73.9 cm³/mol. The van der Waals surface area contributed by atoms with E-state index >= 15 is 0 Å². The second kappa shape index (κ2) is 4.45. The van der Waals surface area contributed by atoms with Crippen molar-refractivity contribution in [2.75, 3.05) is 0 Å². The van der Waals surface area contributed by atoms with E-state index in [4.69, 9.17) is 9.52 Å². The van der Waals surface area contributed by atoms with Gasteiger partial charge in [0, 0.05) is 0 Å². The van der Waals surface area contributed by atoms with E-state index in [1.165, 1.54) is 12.1 Å². The molecule has 2 aromatic carbocycles. The lowest BCUT2D eigenvalue weighted by atomic mass is 10.0. The molecule has 0 amide bonds. The van der Waals surface area contributed by atoms with Crippen molar-refractivity contribution in [3.63, 3.8) is 0 Å². The zero-order valence-corrected chi connectivity index (χ0v) is 10.5. The molecule has 0 fully saturated rings. The second-order valence-electron chi connectivity index (χ2n) is 4.40. The van der Waals surface area contributed by atoms with Gasteiger partial charge in [0.1, 0.15) is 11.2 Å². The van der Waals surface area contributed by atoms with Gasteiger partial charge in [0.25, 0.3) is 0 Å². The number of hydrogen-bond acceptors (Lipinski definition) is 4. The summed E-state index contributed by atoms with van der Waals surface area (Å²) in [5, 5.41) is 18.3. The summed E-state index contributed by atoms with van der Waals surface area (Å²) in [6, 6.07) is 8.79. The fourth-order valence-electron chi connectivity index (χ4n) is 2.29. The Bertz CT molecular complexity index is 967. The smallest absolute Gasteiger partial charge is 0.337 e. The quantitative estimate of drug-likeness (QED) is 0.700. The summed E-state index contributed by atoms with van der Waals surface area (Å²) in [4.78, 5) is 35.0. The van der Waals surface area contributed by atoms with E-state index in [9.17, 15) is 19.5 Å². The molecule has 6 heteroatoms. The minimum absolute atomic E-state index is 0.0427. The average molecular weight is 284 g/mol. The van der Waals surface area contributed by atoms with Crippen LogP contribution in [-0.4, -0.2) is 22.2 Å². The molecular formula is C15H8O6. The zero-order chi connectivity index (χ0) is 15.1. The summed E-state index contributed by atoms with van der Waals surface area (Å²) in [5.41, 5.74) is -1.21. The Morgan fingerprint density at radius 2 is 1.62 bits per heavy atom. The van der Waals surface area contributed by atoms with Crippen LogP contribution in [0.3, 0.4) is 0 Å². The summed E-state index contributed by atoms with van der Waals surface area (Å²) in [6.07, 6.45) is 0. The molecule has 1 aromatic heterocycles. The van der Waals surface area contributed by atoms with Gasteiger partial charge in [-0.05, 0) is 24.3 Å². The van der Waals surface area contributed by atoms with Crippen LogP contribution in [0.15, 0.2) is 45.6 Å². The molecule has 0 spiro atoms. The number of benzene rings is 2. The Kier molecular flexibility index (Phi) is 2.72. The second-order valence-corrected chi connectivity index (χ2v) is 4.40. The summed E-state index contributed by atoms with van der Waals surface area (Å²) >= 11 is 0. The van der Waals surface area contributed by atoms with Crippen LogP contribution >= 0.6 is 0 Å². The average Bonchev–Trinajstić information content (AvgIpc) is 2.46. The van der Waals surface area contributed by atoms with Crippen LogP contribution in [0.25, 0.3) is 21.9 Å². The summed E-state index contributed by atoms with van der Waals surface area (Å²) in [6.45, 7) is 0. The van der Waals surface area contributed by atoms with Gasteiger partial charge in [-0.25, -0.2) is 9.59 Å². The molecule has 0 aliphatic rings. The highest BCUT2D eigenvalue weighted by Crippen LogP contribution is 2.24. The third-order valence-electron chi connectivity index (χ3n) is 3.19. The van der Waals surface area contributed by atoms with Crippen LogP contribution in [0.2, 0.25) is 0 Å². The third-order valence-corrected chi connectivity index (χ3v) is 3.19. The maximum atomic E-state index is 12.5. The van der Waals surface area contributed by atoms with Crippen LogP contribution in [0.4, 0.5) is 0 Å². The van der Waals surface area contributed by atoms with Crippen molar-refractivity contribution >= 4 is 33.9 Å². The number of fused-ring (bicyclic) bond motifs is 2. The molecule has 0 aliphatic carbocycles. The lowest BCUT2D eigenvalue weighted by Crippen LogP contribution is -2.14. The van der Waals surface area contributed by atoms with E-state index in [2.05, 4.69) is 0 Å². The first-order valence-electron chi connectivity index (χ1n) is 5.96. The predicted octanol–water partition coefficient (Wildman–Crippen LogP) is 2.34. The number of hydrogen-bond donors (Lipinski definition) is 2. The van der Waals surface area contributed by atoms with Crippen LogP contribution in [0, 0.1) is 0 Å². The summed E-state index contributed by atoms with van der Waals surface area (Å²) < 4.78 is 5.50. The van der Waals surface area contributed by atoms with Crippen molar-refractivity contribution in [1.82, 2.24) is 0 Å². The van der Waals surface area contributed by atoms with Crippen LogP contribution in [0.5, 0.6) is 0 Å². The number of aromatic carboxylic acids is 2. The van der Waals surface area contributed by atoms with Gasteiger partial charge in [0.05, 0.1) is 21.9 Å². The van der Waals surface area contributed by atoms with E-state index < -0.39 is 28.5 Å². The molecule has 0 saturated heterocycles. The molecule has 3 aromatic rings. The Morgan fingerprint density at radius 1 is 0.905 bits per heavy atom. The summed E-state index contributed by atoms with van der Waals surface area (Å²) in [5.74, 6) is -2.90. The van der Waals surface area contributed by atoms with E-state index in [0.717, 1.165) is 6.07 Å². The minimum atomic E-state index is -1.49. The molecule has 0 unspecified atom stereocenters. The lowest BCUT2D eigenvalue weighted by molar-refractivity contribution is 0.0653. The molecule has 6 nitrogen and oxygen atoms in total. The van der Waals surface area contributed by atoms with Crippen LogP contribution in [-0.2, 0) is 0 Å². The molecule has 0 atom stereocenters. The number of carboxylic acid groups (broad SMARTS) is 2. The van der Waals surface area contributed by atoms with Gasteiger partial charge >= 0.3 is 11.9 Å². The third kappa shape index (κ3) is 1.85. The summed E-state index contributed by atoms with van der Waals surface area (Å²) in [7, 11) is 0. The first-order chi connectivity index (χ1) is 10.0. The molecule has 2 N–H and O–H groups in total. The fraction of sp³-hybridized carbons (Fsp3) is 0. The highest BCUT2D eigenvalue weighted by molar-refractivity contribution is 6.12. The van der Waals surface area contributed by atoms with Crippen molar-refractivity contribution in [2.45, 2.75) is 0 Å². The van der Waals surface area contributed by atoms with Gasteiger partial charge in [-0.15, -0.1) is 0 Å². The Labute approximate surface area is 116 Å². The van der Waals surface area contributed by atoms with Gasteiger partial charge in [-0.3, -0.25) is 4.79 Å². The number of carboxylic acids is 2. The topological polar surface area (TPSA) is 105 Å². The molecule has 0 saturated carbocycles. The van der Waals surface area contributed by atoms with Crippen LogP contribution in [0.1, 0.15) is 20.7 Å². The van der Waals surface area contributed by atoms with Gasteiger partial charge in [-0.1, -0.05) is 12.1 Å². The maximum Gasteiger partial charge on any atom is 0.337 e. The molecule has 104 valence electrons. The van der Waals surface area contributed by atoms with Gasteiger partial charge in [-0.2, -0.15) is 0 Å². The molecule has 0 bridgehead atoms. The molecule has 0 radical (unpaired) electrons. The van der Waals surface area contributed by atoms with Crippen molar-refractivity contribution in [3.05, 3.63) is 57.7 Å². The van der Waals surface area contributed by atoms with Crippen molar-refractivity contribution in [3.8, 4) is 0 Å². The van der Waals surface area contributed by atoms with E-state index in [0.29, 0.717) is 5.58 Å². The van der Waals surface area contributed by atoms with Crippen molar-refractivity contribution in [2.24, 2.45) is 0 Å². The molecule has 21 heavy (non-hydrogen) atoms. The molecule has 3 rings (SSSR count). The fourth-order valence-corrected chi connectivity index (χ4v) is 2.29. The van der Waals surface area contributed by atoms with Crippen LogP contribution < -0.4 is 5.43 Å². The Balaban J connectivity index is 2.61. The van der Waals surface area contributed by atoms with Crippen molar-refractivity contribution in [1.29, 1.82) is 0 Å². The van der Waals surface area contributed by atoms with E-state index in [1.54, 1.807) is 18.2 Å². The minimum Gasteiger partial charge on any atom is -0.478 e. The first kappa shape index (κ1) is 12.9. The molecule has 1 heterocycles. The number of carbonyl (C=O) groups is 2. The normalized spacial score (nSPS) is 10.9. The highest BCUT2D eigenvalue weighted by Gasteiger charge is 2.23. The SMILES string of the molecule is O=C(O)c1ccc2oc3ccccc3c(=O)c2c1C(=O)O. The molecule has 0 aliphatic heterocycles. The van der Waals surface area contributed by atoms with Gasteiger partial charge in [0.2, 0.25) is 5.43 Å². The Morgan fingerprint density at radius 3 is 2.29 bits per heavy atom. The van der Waals surface area contributed by atoms with Crippen molar-refractivity contribution < 1.29 is 24.2 Å². The number of para-hydroxylation sites is 1. The van der Waals surface area contributed by atoms with Gasteiger partial charge < -0.3 is 14.6 Å². The highest BCUT2D eigenvalue weighted by atomic mass is 16.4. The molecular weight excluding hydrogens is 276 g/mol. The maximum absolute atomic E-state index is 12.5. The van der Waals surface area contributed by atoms with E-state index in [1.807, 2.05) is 0 Å². The monoisotopic (exact) mass is 284 g/mol. The standard InChI is InChI=1S/C15H8O6/c16-13-7-3-1-2-4-9(7)21-10-6-5-8(14(17)18)11(12(10)13)15(19)20/h1-6H,(H,17,18)(H,19,20). The number of rotatable bonds is 2. The lowest BCUT2D eigenvalue weighted by Gasteiger charge is -2.06. The van der Waals surface area contributed by atoms with Gasteiger partial charge in [0.15, 0.2) is 0 Å². The zero-order valence-electron chi connectivity index (χ0n) is 10.5. The van der Waals surface area contributed by atoms with E-state index in [-0.39, 0.29) is 16.4 Å².